The first-order chi connectivity index (χ1) is 9.11. The minimum atomic E-state index is -0.142. The molecule has 102 valence electrons. The smallest absolute Gasteiger partial charge is 0.230 e. The van der Waals surface area contributed by atoms with E-state index in [0.717, 1.165) is 31.4 Å². The molecule has 0 aromatic heterocycles. The predicted molar refractivity (Wildman–Crippen MR) is 81.0 cm³/mol. The van der Waals surface area contributed by atoms with E-state index in [0.29, 0.717) is 4.99 Å². The molecule has 1 fully saturated rings. The lowest BCUT2D eigenvalue weighted by Gasteiger charge is -2.36. The van der Waals surface area contributed by atoms with Crippen LogP contribution >= 0.6 is 12.2 Å². The fourth-order valence-corrected chi connectivity index (χ4v) is 2.87. The maximum atomic E-state index is 12.6. The van der Waals surface area contributed by atoms with E-state index >= 15 is 0 Å². The number of nitrogens with two attached hydrogens (primary N) is 1. The molecule has 19 heavy (non-hydrogen) atoms. The molecular formula is C15H20N2OS. The van der Waals surface area contributed by atoms with E-state index in [1.54, 1.807) is 0 Å². The van der Waals surface area contributed by atoms with Gasteiger partial charge in [0, 0.05) is 6.54 Å². The summed E-state index contributed by atoms with van der Waals surface area (Å²) in [5.41, 5.74) is 6.81. The fraction of sp³-hybridized carbons (Fsp3) is 0.467. The molecule has 0 radical (unpaired) electrons. The van der Waals surface area contributed by atoms with Crippen molar-refractivity contribution < 1.29 is 4.79 Å². The van der Waals surface area contributed by atoms with Crippen LogP contribution in [0.4, 0.5) is 0 Å². The van der Waals surface area contributed by atoms with Crippen molar-refractivity contribution in [2.45, 2.75) is 38.1 Å². The number of hydrogen-bond donors (Lipinski definition) is 1. The van der Waals surface area contributed by atoms with E-state index < -0.39 is 0 Å². The first-order valence-electron chi connectivity index (χ1n) is 6.76. The average molecular weight is 276 g/mol. The van der Waals surface area contributed by atoms with Crippen LogP contribution < -0.4 is 5.73 Å². The van der Waals surface area contributed by atoms with Crippen molar-refractivity contribution in [2.24, 2.45) is 5.73 Å². The summed E-state index contributed by atoms with van der Waals surface area (Å²) >= 11 is 5.10. The molecule has 0 saturated carbocycles. The highest BCUT2D eigenvalue weighted by Crippen LogP contribution is 2.24. The zero-order chi connectivity index (χ0) is 13.8. The van der Waals surface area contributed by atoms with E-state index in [9.17, 15) is 4.79 Å². The van der Waals surface area contributed by atoms with Gasteiger partial charge >= 0.3 is 0 Å². The summed E-state index contributed by atoms with van der Waals surface area (Å²) in [6.07, 6.45) is 3.01. The molecule has 1 aliphatic heterocycles. The molecule has 0 spiro atoms. The lowest BCUT2D eigenvalue weighted by Crippen LogP contribution is -2.51. The summed E-state index contributed by atoms with van der Waals surface area (Å²) < 4.78 is 0. The van der Waals surface area contributed by atoms with Crippen LogP contribution in [0.3, 0.4) is 0 Å². The predicted octanol–water partition coefficient (Wildman–Crippen LogP) is 2.46. The number of amides is 1. The van der Waals surface area contributed by atoms with Crippen LogP contribution in [0, 0.1) is 0 Å². The molecule has 1 aromatic carbocycles. The van der Waals surface area contributed by atoms with Crippen LogP contribution in [0.25, 0.3) is 0 Å². The number of carbonyl (C=O) groups excluding carboxylic acids is 1. The van der Waals surface area contributed by atoms with Crippen molar-refractivity contribution in [1.82, 2.24) is 4.90 Å². The molecule has 2 unspecified atom stereocenters. The third-order valence-corrected chi connectivity index (χ3v) is 4.06. The third-order valence-electron chi connectivity index (χ3n) is 3.78. The zero-order valence-corrected chi connectivity index (χ0v) is 12.0. The molecule has 1 aliphatic rings. The number of hydrogen-bond acceptors (Lipinski definition) is 2. The van der Waals surface area contributed by atoms with Gasteiger partial charge in [0.05, 0.1) is 16.9 Å². The number of piperidine rings is 1. The van der Waals surface area contributed by atoms with Crippen LogP contribution in [-0.2, 0) is 4.79 Å². The Morgan fingerprint density at radius 3 is 2.68 bits per heavy atom. The molecule has 2 rings (SSSR count). The minimum Gasteiger partial charge on any atom is -0.392 e. The van der Waals surface area contributed by atoms with Crippen LogP contribution in [0.15, 0.2) is 30.3 Å². The summed E-state index contributed by atoms with van der Waals surface area (Å²) in [6.45, 7) is 2.71. The van der Waals surface area contributed by atoms with E-state index in [2.05, 4.69) is 0 Å². The Hall–Kier alpha value is -1.42. The summed E-state index contributed by atoms with van der Waals surface area (Å²) in [5.74, 6) is -0.0140. The Morgan fingerprint density at radius 2 is 2.05 bits per heavy atom. The topological polar surface area (TPSA) is 46.3 Å². The lowest BCUT2D eigenvalue weighted by molar-refractivity contribution is -0.134. The first-order valence-corrected chi connectivity index (χ1v) is 7.17. The second kappa shape index (κ2) is 6.15. The molecule has 1 heterocycles. The SMILES string of the molecule is CC(C(=O)N1CCCCC1C(N)=S)c1ccccc1. The second-order valence-corrected chi connectivity index (χ2v) is 5.55. The largest absolute Gasteiger partial charge is 0.392 e. The monoisotopic (exact) mass is 276 g/mol. The molecule has 3 nitrogen and oxygen atoms in total. The Bertz CT molecular complexity index is 460. The van der Waals surface area contributed by atoms with Crippen LogP contribution in [-0.4, -0.2) is 28.4 Å². The molecule has 1 saturated heterocycles. The van der Waals surface area contributed by atoms with Gasteiger partial charge in [-0.05, 0) is 31.7 Å². The van der Waals surface area contributed by atoms with Gasteiger partial charge in [-0.1, -0.05) is 42.5 Å². The standard InChI is InChI=1S/C15H20N2OS/c1-11(12-7-3-2-4-8-12)15(18)17-10-6-5-9-13(17)14(16)19/h2-4,7-8,11,13H,5-6,9-10H2,1H3,(H2,16,19). The highest BCUT2D eigenvalue weighted by Gasteiger charge is 2.31. The zero-order valence-electron chi connectivity index (χ0n) is 11.2. The van der Waals surface area contributed by atoms with Crippen molar-refractivity contribution in [3.8, 4) is 0 Å². The van der Waals surface area contributed by atoms with Gasteiger partial charge in [-0.2, -0.15) is 0 Å². The highest BCUT2D eigenvalue weighted by atomic mass is 32.1. The number of rotatable bonds is 3. The van der Waals surface area contributed by atoms with E-state index in [1.807, 2.05) is 42.2 Å². The van der Waals surface area contributed by atoms with Gasteiger partial charge in [-0.15, -0.1) is 0 Å². The molecule has 4 heteroatoms. The van der Waals surface area contributed by atoms with Gasteiger partial charge in [-0.3, -0.25) is 4.79 Å². The van der Waals surface area contributed by atoms with E-state index in [1.165, 1.54) is 0 Å². The molecule has 1 aromatic rings. The third kappa shape index (κ3) is 3.13. The number of nitrogens with zero attached hydrogens (tertiary/aromatic N) is 1. The van der Waals surface area contributed by atoms with Crippen LogP contribution in [0.2, 0.25) is 0 Å². The van der Waals surface area contributed by atoms with Gasteiger partial charge in [0.1, 0.15) is 0 Å². The fourth-order valence-electron chi connectivity index (χ4n) is 2.62. The molecular weight excluding hydrogens is 256 g/mol. The second-order valence-electron chi connectivity index (χ2n) is 5.08. The van der Waals surface area contributed by atoms with Gasteiger partial charge in [0.2, 0.25) is 5.91 Å². The Kier molecular flexibility index (Phi) is 4.53. The summed E-state index contributed by atoms with van der Waals surface area (Å²) in [7, 11) is 0. The summed E-state index contributed by atoms with van der Waals surface area (Å²) in [5, 5.41) is 0. The molecule has 0 bridgehead atoms. The van der Waals surface area contributed by atoms with Crippen LogP contribution in [0.1, 0.15) is 37.7 Å². The maximum absolute atomic E-state index is 12.6. The first kappa shape index (κ1) is 14.0. The summed E-state index contributed by atoms with van der Waals surface area (Å²) in [4.78, 5) is 14.9. The number of likely N-dealkylation sites (tertiary alicyclic amines) is 1. The highest BCUT2D eigenvalue weighted by molar-refractivity contribution is 7.80. The van der Waals surface area contributed by atoms with Gasteiger partial charge < -0.3 is 10.6 Å². The molecule has 0 aliphatic carbocycles. The quantitative estimate of drug-likeness (QED) is 0.863. The number of benzene rings is 1. The Labute approximate surface area is 119 Å². The molecule has 2 atom stereocenters. The van der Waals surface area contributed by atoms with Gasteiger partial charge in [0.15, 0.2) is 0 Å². The Morgan fingerprint density at radius 1 is 1.37 bits per heavy atom. The maximum Gasteiger partial charge on any atom is 0.230 e. The lowest BCUT2D eigenvalue weighted by atomic mass is 9.95. The van der Waals surface area contributed by atoms with Crippen molar-refractivity contribution in [2.75, 3.05) is 6.54 Å². The molecule has 1 amide bonds. The average Bonchev–Trinajstić information content (AvgIpc) is 2.46. The van der Waals surface area contributed by atoms with E-state index in [-0.39, 0.29) is 17.9 Å². The van der Waals surface area contributed by atoms with Crippen LogP contribution in [0.5, 0.6) is 0 Å². The minimum absolute atomic E-state index is 0.0672. The van der Waals surface area contributed by atoms with Crippen molar-refractivity contribution >= 4 is 23.1 Å². The van der Waals surface area contributed by atoms with Crippen molar-refractivity contribution in [1.29, 1.82) is 0 Å². The normalized spacial score (nSPS) is 20.9. The summed E-state index contributed by atoms with van der Waals surface area (Å²) in [6, 6.07) is 9.78. The van der Waals surface area contributed by atoms with E-state index in [4.69, 9.17) is 18.0 Å². The van der Waals surface area contributed by atoms with Gasteiger partial charge in [-0.25, -0.2) is 0 Å². The van der Waals surface area contributed by atoms with Crippen molar-refractivity contribution in [3.63, 3.8) is 0 Å². The number of carbonyl (C=O) groups is 1. The molecule has 2 N–H and O–H groups in total. The number of thiocarbonyl (C=S) groups is 1. The Balaban J connectivity index is 2.15. The van der Waals surface area contributed by atoms with Gasteiger partial charge in [0.25, 0.3) is 0 Å². The van der Waals surface area contributed by atoms with Crippen molar-refractivity contribution in [3.05, 3.63) is 35.9 Å².